The molecule has 1 saturated heterocycles. The Labute approximate surface area is 156 Å². The topological polar surface area (TPSA) is 69.0 Å². The number of amides is 1. The Kier molecular flexibility index (Phi) is 5.42. The molecule has 0 unspecified atom stereocenters. The normalized spacial score (nSPS) is 14.8. The molecule has 1 aromatic heterocycles. The first kappa shape index (κ1) is 17.5. The largest absolute Gasteiger partial charge is 0.357 e. The fourth-order valence-corrected chi connectivity index (χ4v) is 3.13. The lowest BCUT2D eigenvalue weighted by atomic mass is 9.95. The molecule has 7 heteroatoms. The molecular formula is C18H16Cl2N4O. The Balaban J connectivity index is 1.56. The molecule has 3 rings (SSSR count). The van der Waals surface area contributed by atoms with Crippen LogP contribution in [0.4, 0.5) is 11.5 Å². The lowest BCUT2D eigenvalue weighted by Gasteiger charge is -2.32. The maximum atomic E-state index is 12.4. The van der Waals surface area contributed by atoms with Crippen molar-refractivity contribution in [2.24, 2.45) is 5.92 Å². The first-order valence-corrected chi connectivity index (χ1v) is 8.69. The van der Waals surface area contributed by atoms with E-state index in [2.05, 4.69) is 21.3 Å². The van der Waals surface area contributed by atoms with Gasteiger partial charge >= 0.3 is 0 Å². The molecule has 0 saturated carbocycles. The Bertz CT molecular complexity index is 809. The first-order chi connectivity index (χ1) is 12.1. The van der Waals surface area contributed by atoms with Gasteiger partial charge in [0.15, 0.2) is 0 Å². The summed E-state index contributed by atoms with van der Waals surface area (Å²) in [5, 5.41) is 12.6. The minimum absolute atomic E-state index is 0.00849. The van der Waals surface area contributed by atoms with Crippen molar-refractivity contribution < 1.29 is 4.79 Å². The van der Waals surface area contributed by atoms with Gasteiger partial charge in [0.2, 0.25) is 5.91 Å². The number of benzene rings is 1. The maximum Gasteiger partial charge on any atom is 0.227 e. The Hall–Kier alpha value is -2.29. The highest BCUT2D eigenvalue weighted by atomic mass is 35.5. The zero-order valence-electron chi connectivity index (χ0n) is 13.4. The molecule has 2 heterocycles. The van der Waals surface area contributed by atoms with Crippen LogP contribution >= 0.6 is 23.2 Å². The van der Waals surface area contributed by atoms with Gasteiger partial charge in [0.1, 0.15) is 11.9 Å². The van der Waals surface area contributed by atoms with E-state index in [9.17, 15) is 4.79 Å². The summed E-state index contributed by atoms with van der Waals surface area (Å²) < 4.78 is 0. The molecule has 1 fully saturated rings. The summed E-state index contributed by atoms with van der Waals surface area (Å²) >= 11 is 11.9. The molecule has 1 amide bonds. The van der Waals surface area contributed by atoms with Gasteiger partial charge in [-0.15, -0.1) is 0 Å². The minimum atomic E-state index is -0.0518. The van der Waals surface area contributed by atoms with Crippen molar-refractivity contribution in [2.45, 2.75) is 12.8 Å². The molecule has 0 radical (unpaired) electrons. The third-order valence-corrected chi connectivity index (χ3v) is 4.99. The summed E-state index contributed by atoms with van der Waals surface area (Å²) in [7, 11) is 0. The van der Waals surface area contributed by atoms with E-state index in [1.807, 2.05) is 6.07 Å². The van der Waals surface area contributed by atoms with Gasteiger partial charge in [-0.1, -0.05) is 23.2 Å². The molecule has 2 aromatic rings. The standard InChI is InChI=1S/C18H16Cl2N4O/c19-15-3-2-14(9-16(15)20)23-18(25)13-5-7-24(8-6-13)17-4-1-12(10-21)11-22-17/h1-4,9,11,13H,5-8H2,(H,23,25). The highest BCUT2D eigenvalue weighted by Gasteiger charge is 2.25. The van der Waals surface area contributed by atoms with E-state index in [1.54, 1.807) is 30.5 Å². The van der Waals surface area contributed by atoms with Crippen LogP contribution in [0.15, 0.2) is 36.5 Å². The van der Waals surface area contributed by atoms with E-state index in [0.29, 0.717) is 21.3 Å². The maximum absolute atomic E-state index is 12.4. The molecule has 0 bridgehead atoms. The number of hydrogen-bond acceptors (Lipinski definition) is 4. The quantitative estimate of drug-likeness (QED) is 0.877. The lowest BCUT2D eigenvalue weighted by molar-refractivity contribution is -0.120. The molecule has 1 aromatic carbocycles. The highest BCUT2D eigenvalue weighted by Crippen LogP contribution is 2.27. The minimum Gasteiger partial charge on any atom is -0.357 e. The van der Waals surface area contributed by atoms with Crippen molar-refractivity contribution in [3.63, 3.8) is 0 Å². The number of carbonyl (C=O) groups is 1. The first-order valence-electron chi connectivity index (χ1n) is 7.94. The van der Waals surface area contributed by atoms with Crippen molar-refractivity contribution in [1.29, 1.82) is 5.26 Å². The summed E-state index contributed by atoms with van der Waals surface area (Å²) in [5.74, 6) is 0.775. The fourth-order valence-electron chi connectivity index (χ4n) is 2.83. The van der Waals surface area contributed by atoms with Gasteiger partial charge in [-0.2, -0.15) is 5.26 Å². The van der Waals surface area contributed by atoms with Crippen LogP contribution < -0.4 is 10.2 Å². The summed E-state index contributed by atoms with van der Waals surface area (Å²) in [6, 6.07) is 10.7. The van der Waals surface area contributed by atoms with Crippen LogP contribution in [-0.4, -0.2) is 24.0 Å². The Morgan fingerprint density at radius 3 is 2.56 bits per heavy atom. The van der Waals surface area contributed by atoms with Crippen molar-refractivity contribution in [3.05, 3.63) is 52.1 Å². The number of carbonyl (C=O) groups excluding carboxylic acids is 1. The third-order valence-electron chi connectivity index (χ3n) is 4.25. The third kappa shape index (κ3) is 4.22. The Morgan fingerprint density at radius 1 is 1.20 bits per heavy atom. The molecule has 5 nitrogen and oxygen atoms in total. The number of halogens is 2. The van der Waals surface area contributed by atoms with Gasteiger partial charge < -0.3 is 10.2 Å². The molecule has 0 aliphatic carbocycles. The summed E-state index contributed by atoms with van der Waals surface area (Å²) in [5.41, 5.74) is 1.19. The van der Waals surface area contributed by atoms with Crippen LogP contribution in [0.5, 0.6) is 0 Å². The van der Waals surface area contributed by atoms with Crippen molar-refractivity contribution in [3.8, 4) is 6.07 Å². The highest BCUT2D eigenvalue weighted by molar-refractivity contribution is 6.42. The van der Waals surface area contributed by atoms with E-state index in [-0.39, 0.29) is 11.8 Å². The van der Waals surface area contributed by atoms with Gasteiger partial charge in [0.05, 0.1) is 15.6 Å². The number of aromatic nitrogens is 1. The number of nitrogens with zero attached hydrogens (tertiary/aromatic N) is 3. The predicted molar refractivity (Wildman–Crippen MR) is 99.0 cm³/mol. The van der Waals surface area contributed by atoms with E-state index in [4.69, 9.17) is 28.5 Å². The molecule has 25 heavy (non-hydrogen) atoms. The summed E-state index contributed by atoms with van der Waals surface area (Å²) in [6.07, 6.45) is 3.06. The fraction of sp³-hybridized carbons (Fsp3) is 0.278. The second kappa shape index (κ2) is 7.73. The van der Waals surface area contributed by atoms with E-state index in [1.165, 1.54) is 0 Å². The monoisotopic (exact) mass is 374 g/mol. The average Bonchev–Trinajstić information content (AvgIpc) is 2.65. The number of piperidine rings is 1. The average molecular weight is 375 g/mol. The van der Waals surface area contributed by atoms with Crippen LogP contribution in [0.1, 0.15) is 18.4 Å². The second-order valence-corrected chi connectivity index (χ2v) is 6.71. The van der Waals surface area contributed by atoms with Gasteiger partial charge in [-0.05, 0) is 43.2 Å². The lowest BCUT2D eigenvalue weighted by Crippen LogP contribution is -2.38. The molecule has 0 atom stereocenters. The van der Waals surface area contributed by atoms with E-state index < -0.39 is 0 Å². The Morgan fingerprint density at radius 2 is 1.96 bits per heavy atom. The van der Waals surface area contributed by atoms with Gasteiger partial charge in [-0.3, -0.25) is 4.79 Å². The van der Waals surface area contributed by atoms with Gasteiger partial charge in [-0.25, -0.2) is 4.98 Å². The van der Waals surface area contributed by atoms with Gasteiger partial charge in [0.25, 0.3) is 0 Å². The van der Waals surface area contributed by atoms with Crippen LogP contribution in [-0.2, 0) is 4.79 Å². The molecule has 0 spiro atoms. The number of hydrogen-bond donors (Lipinski definition) is 1. The summed E-state index contributed by atoms with van der Waals surface area (Å²) in [6.45, 7) is 1.50. The summed E-state index contributed by atoms with van der Waals surface area (Å²) in [4.78, 5) is 18.9. The number of pyridine rings is 1. The number of rotatable bonds is 3. The smallest absolute Gasteiger partial charge is 0.227 e. The molecule has 1 aliphatic rings. The van der Waals surface area contributed by atoms with Crippen molar-refractivity contribution >= 4 is 40.6 Å². The van der Waals surface area contributed by atoms with Crippen molar-refractivity contribution in [1.82, 2.24) is 4.98 Å². The van der Waals surface area contributed by atoms with Crippen LogP contribution in [0.25, 0.3) is 0 Å². The molecule has 1 N–H and O–H groups in total. The predicted octanol–water partition coefficient (Wildman–Crippen LogP) is 4.12. The van der Waals surface area contributed by atoms with E-state index in [0.717, 1.165) is 31.7 Å². The molecule has 1 aliphatic heterocycles. The SMILES string of the molecule is N#Cc1ccc(N2CCC(C(=O)Nc3ccc(Cl)c(Cl)c3)CC2)nc1. The molecule has 128 valence electrons. The number of anilines is 2. The van der Waals surface area contributed by atoms with E-state index >= 15 is 0 Å². The van der Waals surface area contributed by atoms with Crippen molar-refractivity contribution in [2.75, 3.05) is 23.3 Å². The number of nitriles is 1. The molecular weight excluding hydrogens is 359 g/mol. The zero-order valence-corrected chi connectivity index (χ0v) is 14.9. The number of nitrogens with one attached hydrogen (secondary N) is 1. The van der Waals surface area contributed by atoms with Crippen LogP contribution in [0, 0.1) is 17.2 Å². The second-order valence-electron chi connectivity index (χ2n) is 5.90. The van der Waals surface area contributed by atoms with Crippen LogP contribution in [0.3, 0.4) is 0 Å². The van der Waals surface area contributed by atoms with Gasteiger partial charge in [0, 0.05) is 30.9 Å². The van der Waals surface area contributed by atoms with Crippen LogP contribution in [0.2, 0.25) is 10.0 Å². The zero-order chi connectivity index (χ0) is 17.8.